The van der Waals surface area contributed by atoms with Gasteiger partial charge in [-0.25, -0.2) is 23.5 Å². The molecule has 0 unspecified atom stereocenters. The predicted molar refractivity (Wildman–Crippen MR) is 130 cm³/mol. The Balaban J connectivity index is 1.35. The van der Waals surface area contributed by atoms with E-state index in [9.17, 15) is 18.4 Å². The van der Waals surface area contributed by atoms with Crippen LogP contribution in [0.4, 0.5) is 20.3 Å². The summed E-state index contributed by atoms with van der Waals surface area (Å²) in [7, 11) is 1.30. The fourth-order valence-electron chi connectivity index (χ4n) is 5.20. The van der Waals surface area contributed by atoms with E-state index in [1.165, 1.54) is 13.4 Å². The third kappa shape index (κ3) is 4.27. The Kier molecular flexibility index (Phi) is 6.11. The van der Waals surface area contributed by atoms with Crippen molar-refractivity contribution >= 4 is 34.4 Å². The van der Waals surface area contributed by atoms with Crippen molar-refractivity contribution in [1.29, 1.82) is 0 Å². The number of aromatic amines is 1. The highest BCUT2D eigenvalue weighted by Crippen LogP contribution is 2.41. The van der Waals surface area contributed by atoms with E-state index in [4.69, 9.17) is 10.5 Å². The molecule has 1 aliphatic heterocycles. The number of anilines is 2. The van der Waals surface area contributed by atoms with Crippen molar-refractivity contribution in [2.45, 2.75) is 38.0 Å². The van der Waals surface area contributed by atoms with Crippen LogP contribution in [0.15, 0.2) is 30.6 Å². The normalized spacial score (nSPS) is 18.5. The van der Waals surface area contributed by atoms with E-state index in [2.05, 4.69) is 20.3 Å². The molecule has 4 N–H and O–H groups in total. The highest BCUT2D eigenvalue weighted by molar-refractivity contribution is 5.98. The second-order valence-corrected chi connectivity index (χ2v) is 9.53. The summed E-state index contributed by atoms with van der Waals surface area (Å²) in [5, 5.41) is 3.53. The Morgan fingerprint density at radius 3 is 2.72 bits per heavy atom. The lowest BCUT2D eigenvalue weighted by Crippen LogP contribution is -2.50. The molecule has 1 aliphatic carbocycles. The van der Waals surface area contributed by atoms with Crippen LogP contribution in [-0.4, -0.2) is 59.5 Å². The predicted octanol–water partition coefficient (Wildman–Crippen LogP) is 3.05. The van der Waals surface area contributed by atoms with Crippen LogP contribution in [0.25, 0.3) is 11.0 Å². The highest BCUT2D eigenvalue weighted by atomic mass is 19.3. The minimum Gasteiger partial charge on any atom is -0.465 e. The van der Waals surface area contributed by atoms with Crippen molar-refractivity contribution in [3.63, 3.8) is 0 Å². The zero-order valence-corrected chi connectivity index (χ0v) is 19.9. The highest BCUT2D eigenvalue weighted by Gasteiger charge is 2.42. The fraction of sp³-hybridized carbons (Fsp3) is 0.440. The third-order valence-corrected chi connectivity index (χ3v) is 7.37. The molecule has 0 bridgehead atoms. The molecule has 2 aromatic heterocycles. The number of alkyl halides is 2. The minimum atomic E-state index is -2.75. The lowest BCUT2D eigenvalue weighted by Gasteiger charge is -2.40. The van der Waals surface area contributed by atoms with Crippen molar-refractivity contribution in [3.8, 4) is 0 Å². The van der Waals surface area contributed by atoms with Gasteiger partial charge in [-0.3, -0.25) is 4.79 Å². The van der Waals surface area contributed by atoms with Gasteiger partial charge >= 0.3 is 5.97 Å². The molecule has 1 aromatic carbocycles. The summed E-state index contributed by atoms with van der Waals surface area (Å²) in [6.45, 7) is 1.11. The van der Waals surface area contributed by atoms with Crippen LogP contribution < -0.4 is 16.0 Å². The number of carbonyl (C=O) groups excluding carboxylic acids is 2. The number of amides is 1. The van der Waals surface area contributed by atoms with Gasteiger partial charge in [-0.2, -0.15) is 0 Å². The van der Waals surface area contributed by atoms with E-state index in [-0.39, 0.29) is 31.7 Å². The summed E-state index contributed by atoms with van der Waals surface area (Å²) in [4.78, 5) is 39.1. The standard InChI is InChI=1S/C25H28F2N6O3/c1-36-22(34)15-3-2-4-16(11-15)31-23(35)24(13-28)7-9-33(10-8-24)21-19-17-12-25(26,27)6-5-18(17)32-20(19)29-14-30-21/h2-4,11,14H,5-10,12-13,28H2,1H3,(H,31,35)(H,29,30,32). The van der Waals surface area contributed by atoms with Crippen molar-refractivity contribution in [2.24, 2.45) is 11.1 Å². The van der Waals surface area contributed by atoms with Crippen LogP contribution in [0.3, 0.4) is 0 Å². The largest absolute Gasteiger partial charge is 0.465 e. The number of ether oxygens (including phenoxy) is 1. The van der Waals surface area contributed by atoms with Gasteiger partial charge in [0, 0.05) is 43.9 Å². The monoisotopic (exact) mass is 498 g/mol. The van der Waals surface area contributed by atoms with Crippen molar-refractivity contribution in [2.75, 3.05) is 37.0 Å². The summed E-state index contributed by atoms with van der Waals surface area (Å²) < 4.78 is 33.2. The number of benzene rings is 1. The number of aromatic nitrogens is 3. The number of esters is 1. The van der Waals surface area contributed by atoms with Crippen LogP contribution in [0.5, 0.6) is 0 Å². The lowest BCUT2D eigenvalue weighted by atomic mass is 9.77. The molecular formula is C25H28F2N6O3. The van der Waals surface area contributed by atoms with E-state index in [0.717, 1.165) is 5.69 Å². The molecule has 9 nitrogen and oxygen atoms in total. The van der Waals surface area contributed by atoms with Gasteiger partial charge < -0.3 is 25.7 Å². The topological polar surface area (TPSA) is 126 Å². The number of carbonyl (C=O) groups is 2. The summed E-state index contributed by atoms with van der Waals surface area (Å²) in [5.41, 5.74) is 8.04. The minimum absolute atomic E-state index is 0.147. The molecule has 0 atom stereocenters. The van der Waals surface area contributed by atoms with Gasteiger partial charge in [0.2, 0.25) is 5.91 Å². The average Bonchev–Trinajstić information content (AvgIpc) is 3.25. The smallest absolute Gasteiger partial charge is 0.337 e. The van der Waals surface area contributed by atoms with Crippen LogP contribution in [-0.2, 0) is 22.4 Å². The summed E-state index contributed by atoms with van der Waals surface area (Å²) in [6, 6.07) is 6.54. The van der Waals surface area contributed by atoms with Gasteiger partial charge in [-0.1, -0.05) is 6.07 Å². The Morgan fingerprint density at radius 2 is 2.00 bits per heavy atom. The maximum atomic E-state index is 14.2. The van der Waals surface area contributed by atoms with Gasteiger partial charge in [-0.05, 0) is 43.0 Å². The first-order valence-corrected chi connectivity index (χ1v) is 11.9. The van der Waals surface area contributed by atoms with Crippen LogP contribution >= 0.6 is 0 Å². The second kappa shape index (κ2) is 9.12. The number of nitrogens with two attached hydrogens (primary N) is 1. The quantitative estimate of drug-likeness (QED) is 0.462. The Bertz CT molecular complexity index is 1320. The molecule has 11 heteroatoms. The molecule has 3 heterocycles. The molecular weight excluding hydrogens is 470 g/mol. The van der Waals surface area contributed by atoms with E-state index in [1.54, 1.807) is 24.3 Å². The van der Waals surface area contributed by atoms with Crippen molar-refractivity contribution in [1.82, 2.24) is 15.0 Å². The molecule has 0 spiro atoms. The molecule has 1 saturated heterocycles. The first-order valence-electron chi connectivity index (χ1n) is 11.9. The number of aryl methyl sites for hydroxylation is 1. The Labute approximate surface area is 206 Å². The molecule has 2 aliphatic rings. The number of hydrogen-bond acceptors (Lipinski definition) is 7. The van der Waals surface area contributed by atoms with E-state index < -0.39 is 17.3 Å². The number of nitrogens with zero attached hydrogens (tertiary/aromatic N) is 3. The molecule has 0 saturated carbocycles. The first-order chi connectivity index (χ1) is 17.2. The molecule has 36 heavy (non-hydrogen) atoms. The summed E-state index contributed by atoms with van der Waals surface area (Å²) in [6.07, 6.45) is 2.10. The maximum Gasteiger partial charge on any atom is 0.337 e. The first kappa shape index (κ1) is 24.1. The third-order valence-electron chi connectivity index (χ3n) is 7.37. The van der Waals surface area contributed by atoms with E-state index >= 15 is 0 Å². The zero-order chi connectivity index (χ0) is 25.5. The summed E-state index contributed by atoms with van der Waals surface area (Å²) in [5.74, 6) is -2.87. The van der Waals surface area contributed by atoms with Crippen LogP contribution in [0.2, 0.25) is 0 Å². The fourth-order valence-corrected chi connectivity index (χ4v) is 5.20. The molecule has 1 fully saturated rings. The van der Waals surface area contributed by atoms with E-state index in [0.29, 0.717) is 59.6 Å². The number of methoxy groups -OCH3 is 1. The molecule has 1 amide bonds. The summed E-state index contributed by atoms with van der Waals surface area (Å²) >= 11 is 0. The number of hydrogen-bond donors (Lipinski definition) is 3. The number of halogens is 2. The number of nitrogens with one attached hydrogen (secondary N) is 2. The van der Waals surface area contributed by atoms with Gasteiger partial charge in [-0.15, -0.1) is 0 Å². The molecule has 5 rings (SSSR count). The Hall–Kier alpha value is -3.60. The van der Waals surface area contributed by atoms with Gasteiger partial charge in [0.1, 0.15) is 17.8 Å². The van der Waals surface area contributed by atoms with Gasteiger partial charge in [0.05, 0.1) is 23.5 Å². The zero-order valence-electron chi connectivity index (χ0n) is 19.9. The van der Waals surface area contributed by atoms with E-state index in [1.807, 2.05) is 4.90 Å². The number of rotatable bonds is 5. The number of H-pyrrole nitrogens is 1. The lowest BCUT2D eigenvalue weighted by molar-refractivity contribution is -0.126. The maximum absolute atomic E-state index is 14.2. The molecule has 190 valence electrons. The Morgan fingerprint density at radius 1 is 1.22 bits per heavy atom. The average molecular weight is 499 g/mol. The van der Waals surface area contributed by atoms with Gasteiger partial charge in [0.15, 0.2) is 0 Å². The molecule has 0 radical (unpaired) electrons. The SMILES string of the molecule is COC(=O)c1cccc(NC(=O)C2(CN)CCN(c3ncnc4[nH]c5c(c34)CC(F)(F)CC5)CC2)c1. The number of piperidine rings is 1. The van der Waals surface area contributed by atoms with Crippen molar-refractivity contribution in [3.05, 3.63) is 47.4 Å². The van der Waals surface area contributed by atoms with Crippen LogP contribution in [0.1, 0.15) is 40.9 Å². The number of fused-ring (bicyclic) bond motifs is 3. The van der Waals surface area contributed by atoms with Crippen molar-refractivity contribution < 1.29 is 23.1 Å². The van der Waals surface area contributed by atoms with Gasteiger partial charge in [0.25, 0.3) is 5.92 Å². The second-order valence-electron chi connectivity index (χ2n) is 9.53. The molecule has 3 aromatic rings. The van der Waals surface area contributed by atoms with Crippen LogP contribution in [0, 0.1) is 5.41 Å².